The Balaban J connectivity index is 2.08. The maximum Gasteiger partial charge on any atom is 0.174 e. The molecule has 100 valence electrons. The molecule has 1 aliphatic rings. The van der Waals surface area contributed by atoms with Gasteiger partial charge in [0.1, 0.15) is 0 Å². The Hall–Kier alpha value is -1.07. The molecule has 2 heterocycles. The number of nitrogens with two attached hydrogens (primary N) is 1. The van der Waals surface area contributed by atoms with Gasteiger partial charge in [-0.2, -0.15) is 0 Å². The number of Topliss-reactive ketones (excluding diaryl/α,β-unsaturated/α-hetero) is 1. The van der Waals surface area contributed by atoms with Crippen LogP contribution in [0, 0.1) is 0 Å². The Kier molecular flexibility index (Phi) is 4.24. The average Bonchev–Trinajstić information content (AvgIpc) is 2.80. The molecule has 1 fully saturated rings. The van der Waals surface area contributed by atoms with Crippen molar-refractivity contribution in [2.45, 2.75) is 32.3 Å². The summed E-state index contributed by atoms with van der Waals surface area (Å²) >= 11 is 1.52. The standard InChI is InChI=1S/C13H20N2O2S/c1-3-11(16)13-10(14)8-12(18-13)15-6-4-9(17-2)5-7-15/h8-9H,3-7,14H2,1-2H3. The molecule has 1 saturated heterocycles. The largest absolute Gasteiger partial charge is 0.397 e. The van der Waals surface area contributed by atoms with E-state index in [0.29, 0.717) is 23.1 Å². The third-order valence-corrected chi connectivity index (χ3v) is 4.66. The number of piperidine rings is 1. The first kappa shape index (κ1) is 13.4. The van der Waals surface area contributed by atoms with E-state index in [4.69, 9.17) is 10.5 Å². The van der Waals surface area contributed by atoms with Crippen LogP contribution in [0.15, 0.2) is 6.07 Å². The molecule has 18 heavy (non-hydrogen) atoms. The van der Waals surface area contributed by atoms with Crippen molar-refractivity contribution in [3.05, 3.63) is 10.9 Å². The SMILES string of the molecule is CCC(=O)c1sc(N2CCC(OC)CC2)cc1N. The summed E-state index contributed by atoms with van der Waals surface area (Å²) in [5.74, 6) is 0.135. The second-order valence-electron chi connectivity index (χ2n) is 4.57. The lowest BCUT2D eigenvalue weighted by Crippen LogP contribution is -2.36. The fourth-order valence-corrected chi connectivity index (χ4v) is 3.38. The van der Waals surface area contributed by atoms with Gasteiger partial charge < -0.3 is 15.4 Å². The van der Waals surface area contributed by atoms with Crippen LogP contribution in [-0.4, -0.2) is 32.1 Å². The molecule has 1 aromatic heterocycles. The number of hydrogen-bond donors (Lipinski definition) is 1. The van der Waals surface area contributed by atoms with Gasteiger partial charge in [-0.1, -0.05) is 6.92 Å². The number of rotatable bonds is 4. The van der Waals surface area contributed by atoms with Crippen molar-refractivity contribution in [1.82, 2.24) is 0 Å². The summed E-state index contributed by atoms with van der Waals surface area (Å²) in [5, 5.41) is 1.11. The van der Waals surface area contributed by atoms with Gasteiger partial charge in [0.2, 0.25) is 0 Å². The Morgan fingerprint density at radius 2 is 2.22 bits per heavy atom. The van der Waals surface area contributed by atoms with Crippen molar-refractivity contribution in [2.75, 3.05) is 30.8 Å². The molecule has 0 bridgehead atoms. The summed E-state index contributed by atoms with van der Waals surface area (Å²) in [7, 11) is 1.77. The summed E-state index contributed by atoms with van der Waals surface area (Å²) in [4.78, 5) is 14.7. The minimum Gasteiger partial charge on any atom is -0.397 e. The van der Waals surface area contributed by atoms with Crippen LogP contribution in [0.25, 0.3) is 0 Å². The van der Waals surface area contributed by atoms with Crippen LogP contribution in [0.5, 0.6) is 0 Å². The molecule has 5 heteroatoms. The number of ketones is 1. The number of anilines is 2. The number of nitrogen functional groups attached to an aromatic ring is 1. The van der Waals surface area contributed by atoms with E-state index >= 15 is 0 Å². The Morgan fingerprint density at radius 3 is 2.78 bits per heavy atom. The predicted molar refractivity (Wildman–Crippen MR) is 75.6 cm³/mol. The highest BCUT2D eigenvalue weighted by atomic mass is 32.1. The van der Waals surface area contributed by atoms with E-state index in [2.05, 4.69) is 4.90 Å². The van der Waals surface area contributed by atoms with Gasteiger partial charge in [0.05, 0.1) is 21.7 Å². The van der Waals surface area contributed by atoms with Gasteiger partial charge in [-0.3, -0.25) is 4.79 Å². The van der Waals surface area contributed by atoms with Gasteiger partial charge >= 0.3 is 0 Å². The maximum absolute atomic E-state index is 11.7. The van der Waals surface area contributed by atoms with Crippen LogP contribution in [0.3, 0.4) is 0 Å². The lowest BCUT2D eigenvalue weighted by molar-refractivity contribution is 0.0820. The molecule has 0 aromatic carbocycles. The Bertz CT molecular complexity index is 423. The normalized spacial score (nSPS) is 17.1. The quantitative estimate of drug-likeness (QED) is 0.853. The van der Waals surface area contributed by atoms with E-state index in [9.17, 15) is 4.79 Å². The van der Waals surface area contributed by atoms with Crippen molar-refractivity contribution in [3.63, 3.8) is 0 Å². The van der Waals surface area contributed by atoms with Gasteiger partial charge in [-0.15, -0.1) is 11.3 Å². The highest BCUT2D eigenvalue weighted by Gasteiger charge is 2.22. The van der Waals surface area contributed by atoms with Crippen molar-refractivity contribution in [2.24, 2.45) is 0 Å². The highest BCUT2D eigenvalue weighted by molar-refractivity contribution is 7.18. The van der Waals surface area contributed by atoms with E-state index in [1.807, 2.05) is 13.0 Å². The second kappa shape index (κ2) is 5.71. The monoisotopic (exact) mass is 268 g/mol. The van der Waals surface area contributed by atoms with E-state index < -0.39 is 0 Å². The summed E-state index contributed by atoms with van der Waals surface area (Å²) in [5.41, 5.74) is 6.54. The number of hydrogen-bond acceptors (Lipinski definition) is 5. The lowest BCUT2D eigenvalue weighted by atomic mass is 10.1. The Morgan fingerprint density at radius 1 is 1.56 bits per heavy atom. The molecule has 0 amide bonds. The molecule has 0 aliphatic carbocycles. The van der Waals surface area contributed by atoms with Gasteiger partial charge in [0.15, 0.2) is 5.78 Å². The van der Waals surface area contributed by atoms with E-state index in [1.165, 1.54) is 11.3 Å². The lowest BCUT2D eigenvalue weighted by Gasteiger charge is -2.31. The number of ether oxygens (including phenoxy) is 1. The zero-order chi connectivity index (χ0) is 13.1. The molecule has 2 rings (SSSR count). The molecule has 0 spiro atoms. The number of nitrogens with zero attached hydrogens (tertiary/aromatic N) is 1. The third-order valence-electron chi connectivity index (χ3n) is 3.41. The first-order valence-electron chi connectivity index (χ1n) is 6.36. The smallest absolute Gasteiger partial charge is 0.174 e. The van der Waals surface area contributed by atoms with Crippen LogP contribution in [-0.2, 0) is 4.74 Å². The van der Waals surface area contributed by atoms with Crippen molar-refractivity contribution in [1.29, 1.82) is 0 Å². The number of carbonyl (C=O) groups excluding carboxylic acids is 1. The fraction of sp³-hybridized carbons (Fsp3) is 0.615. The van der Waals surface area contributed by atoms with Crippen molar-refractivity contribution in [3.8, 4) is 0 Å². The second-order valence-corrected chi connectivity index (χ2v) is 5.60. The van der Waals surface area contributed by atoms with Gasteiger partial charge in [0, 0.05) is 26.6 Å². The average molecular weight is 268 g/mol. The van der Waals surface area contributed by atoms with Crippen molar-refractivity contribution >= 4 is 27.8 Å². The molecule has 2 N–H and O–H groups in total. The van der Waals surface area contributed by atoms with E-state index in [-0.39, 0.29) is 5.78 Å². The van der Waals surface area contributed by atoms with Gasteiger partial charge in [-0.05, 0) is 18.9 Å². The predicted octanol–water partition coefficient (Wildman–Crippen LogP) is 2.54. The van der Waals surface area contributed by atoms with Gasteiger partial charge in [-0.25, -0.2) is 0 Å². The minimum absolute atomic E-state index is 0.135. The first-order chi connectivity index (χ1) is 8.65. The number of methoxy groups -OCH3 is 1. The van der Waals surface area contributed by atoms with Crippen LogP contribution in [0.1, 0.15) is 35.9 Å². The fourth-order valence-electron chi connectivity index (χ4n) is 2.24. The summed E-state index contributed by atoms with van der Waals surface area (Å²) in [6, 6.07) is 1.93. The molecular formula is C13H20N2O2S. The molecule has 1 aromatic rings. The number of carbonyl (C=O) groups is 1. The molecule has 0 saturated carbocycles. The zero-order valence-electron chi connectivity index (χ0n) is 10.9. The van der Waals surface area contributed by atoms with E-state index in [0.717, 1.165) is 30.9 Å². The molecule has 0 radical (unpaired) electrons. The molecule has 0 unspecified atom stereocenters. The molecule has 0 atom stereocenters. The first-order valence-corrected chi connectivity index (χ1v) is 7.17. The Labute approximate surface area is 112 Å². The molecular weight excluding hydrogens is 248 g/mol. The maximum atomic E-state index is 11.7. The third kappa shape index (κ3) is 2.67. The van der Waals surface area contributed by atoms with Crippen molar-refractivity contribution < 1.29 is 9.53 Å². The van der Waals surface area contributed by atoms with E-state index in [1.54, 1.807) is 7.11 Å². The van der Waals surface area contributed by atoms with Crippen LogP contribution >= 0.6 is 11.3 Å². The number of thiophene rings is 1. The molecule has 4 nitrogen and oxygen atoms in total. The van der Waals surface area contributed by atoms with Crippen LogP contribution < -0.4 is 10.6 Å². The zero-order valence-corrected chi connectivity index (χ0v) is 11.8. The summed E-state index contributed by atoms with van der Waals surface area (Å²) in [6.07, 6.45) is 2.95. The van der Waals surface area contributed by atoms with Gasteiger partial charge in [0.25, 0.3) is 0 Å². The molecule has 1 aliphatic heterocycles. The minimum atomic E-state index is 0.135. The highest BCUT2D eigenvalue weighted by Crippen LogP contribution is 2.34. The summed E-state index contributed by atoms with van der Waals surface area (Å²) in [6.45, 7) is 3.81. The van der Waals surface area contributed by atoms with Crippen LogP contribution in [0.2, 0.25) is 0 Å². The topological polar surface area (TPSA) is 55.6 Å². The van der Waals surface area contributed by atoms with Crippen LogP contribution in [0.4, 0.5) is 10.7 Å². The summed E-state index contributed by atoms with van der Waals surface area (Å²) < 4.78 is 5.36.